The van der Waals surface area contributed by atoms with Gasteiger partial charge in [-0.1, -0.05) is 6.07 Å². The summed E-state index contributed by atoms with van der Waals surface area (Å²) in [5.41, 5.74) is -0.280. The van der Waals surface area contributed by atoms with Crippen LogP contribution < -0.4 is 4.90 Å². The Labute approximate surface area is 283 Å². The van der Waals surface area contributed by atoms with Crippen molar-refractivity contribution in [1.29, 1.82) is 0 Å². The molecule has 0 spiro atoms. The summed E-state index contributed by atoms with van der Waals surface area (Å²) >= 11 is 0. The van der Waals surface area contributed by atoms with Crippen molar-refractivity contribution in [2.24, 2.45) is 5.92 Å². The molecule has 13 heteroatoms. The van der Waals surface area contributed by atoms with Gasteiger partial charge in [0.1, 0.15) is 35.6 Å². The molecule has 6 rings (SSSR count). The molecule has 0 unspecified atom stereocenters. The fourth-order valence-electron chi connectivity index (χ4n) is 7.32. The molecule has 3 aromatic rings. The highest BCUT2D eigenvalue weighted by Gasteiger charge is 2.51. The third kappa shape index (κ3) is 6.96. The molecule has 0 saturated carbocycles. The zero-order chi connectivity index (χ0) is 35.2. The molecule has 3 fully saturated rings. The highest BCUT2D eigenvalue weighted by molar-refractivity contribution is 6.06. The summed E-state index contributed by atoms with van der Waals surface area (Å²) in [6.45, 7) is 8.55. The quantitative estimate of drug-likeness (QED) is 0.350. The Balaban J connectivity index is 1.40. The van der Waals surface area contributed by atoms with Crippen molar-refractivity contribution < 1.29 is 36.4 Å². The van der Waals surface area contributed by atoms with Gasteiger partial charge in [0.05, 0.1) is 29.5 Å². The van der Waals surface area contributed by atoms with Crippen molar-refractivity contribution >= 4 is 23.4 Å². The van der Waals surface area contributed by atoms with Crippen molar-refractivity contribution in [3.05, 3.63) is 89.4 Å². The fraction of sp³-hybridized carbons (Fsp3) is 0.472. The number of carbonyl (C=O) groups is 3. The minimum atomic E-state index is -1.01. The Kier molecular flexibility index (Phi) is 9.60. The van der Waals surface area contributed by atoms with E-state index >= 15 is 8.78 Å². The monoisotopic (exact) mass is 683 g/mol. The van der Waals surface area contributed by atoms with E-state index in [0.717, 1.165) is 18.2 Å². The van der Waals surface area contributed by atoms with Gasteiger partial charge in [-0.2, -0.15) is 0 Å². The molecule has 49 heavy (non-hydrogen) atoms. The van der Waals surface area contributed by atoms with E-state index in [-0.39, 0.29) is 47.8 Å². The zero-order valence-electron chi connectivity index (χ0n) is 28.0. The summed E-state index contributed by atoms with van der Waals surface area (Å²) in [5, 5.41) is 0. The van der Waals surface area contributed by atoms with Crippen LogP contribution in [0.2, 0.25) is 0 Å². The maximum absolute atomic E-state index is 15.4. The Bertz CT molecular complexity index is 1710. The molecule has 0 bridgehead atoms. The maximum Gasteiger partial charge on any atom is 0.261 e. The highest BCUT2D eigenvalue weighted by Crippen LogP contribution is 2.41. The van der Waals surface area contributed by atoms with E-state index in [1.807, 2.05) is 27.8 Å². The van der Waals surface area contributed by atoms with Crippen LogP contribution in [-0.2, 0) is 9.59 Å². The number of halogens is 4. The summed E-state index contributed by atoms with van der Waals surface area (Å²) in [6.07, 6.45) is 2.50. The molecule has 2 aromatic carbocycles. The number of piperazine rings is 1. The lowest BCUT2D eigenvalue weighted by molar-refractivity contribution is -0.147. The Morgan fingerprint density at radius 2 is 1.51 bits per heavy atom. The smallest absolute Gasteiger partial charge is 0.261 e. The molecule has 3 amide bonds. The van der Waals surface area contributed by atoms with Crippen LogP contribution >= 0.6 is 0 Å². The lowest BCUT2D eigenvalue weighted by Gasteiger charge is -2.36. The van der Waals surface area contributed by atoms with Crippen molar-refractivity contribution in [2.75, 3.05) is 57.8 Å². The lowest BCUT2D eigenvalue weighted by atomic mass is 9.87. The van der Waals surface area contributed by atoms with Crippen LogP contribution in [0.15, 0.2) is 59.4 Å². The van der Waals surface area contributed by atoms with E-state index in [4.69, 9.17) is 4.42 Å². The van der Waals surface area contributed by atoms with Crippen molar-refractivity contribution in [1.82, 2.24) is 19.6 Å². The highest BCUT2D eigenvalue weighted by atomic mass is 19.1. The number of likely N-dealkylation sites (N-methyl/N-ethyl adjacent to an activating group) is 1. The number of carbonyl (C=O) groups excluding carboxylic acids is 3. The molecule has 262 valence electrons. The third-order valence-corrected chi connectivity index (χ3v) is 10.1. The number of hydrogen-bond donors (Lipinski definition) is 0. The minimum Gasteiger partial charge on any atom is -0.472 e. The third-order valence-electron chi connectivity index (χ3n) is 10.1. The van der Waals surface area contributed by atoms with Crippen molar-refractivity contribution in [3.8, 4) is 0 Å². The SMILES string of the molecule is CN1CCN(C(=O)[C@@H]2C[C@H](N(C(=O)c3ccoc3)c3ccc(F)cc3F)CN2C(=O)[C@H]2CN(C(C)(C)C)C[C@H]2c2ccc(F)cc2F)CC1. The predicted molar refractivity (Wildman–Crippen MR) is 174 cm³/mol. The molecule has 1 aromatic heterocycles. The van der Waals surface area contributed by atoms with Gasteiger partial charge >= 0.3 is 0 Å². The Hall–Kier alpha value is -4.23. The second-order valence-electron chi connectivity index (χ2n) is 14.3. The van der Waals surface area contributed by atoms with Gasteiger partial charge in [0.25, 0.3) is 5.91 Å². The van der Waals surface area contributed by atoms with Gasteiger partial charge in [-0.15, -0.1) is 0 Å². The molecule has 4 atom stereocenters. The van der Waals surface area contributed by atoms with E-state index < -0.39 is 59.0 Å². The van der Waals surface area contributed by atoms with Gasteiger partial charge < -0.3 is 24.0 Å². The summed E-state index contributed by atoms with van der Waals surface area (Å²) in [7, 11) is 1.95. The Morgan fingerprint density at radius 1 is 0.837 bits per heavy atom. The molecule has 9 nitrogen and oxygen atoms in total. The van der Waals surface area contributed by atoms with Crippen LogP contribution in [0.5, 0.6) is 0 Å². The fourth-order valence-corrected chi connectivity index (χ4v) is 7.32. The number of anilines is 1. The molecular weight excluding hydrogens is 642 g/mol. The van der Waals surface area contributed by atoms with Crippen LogP contribution in [-0.4, -0.2) is 108 Å². The maximum atomic E-state index is 15.4. The first-order valence-electron chi connectivity index (χ1n) is 16.5. The van der Waals surface area contributed by atoms with Crippen LogP contribution in [0, 0.1) is 29.2 Å². The summed E-state index contributed by atoms with van der Waals surface area (Å²) < 4.78 is 63.8. The summed E-state index contributed by atoms with van der Waals surface area (Å²) in [4.78, 5) is 51.5. The number of amides is 3. The van der Waals surface area contributed by atoms with Gasteiger partial charge in [-0.05, 0) is 64.1 Å². The van der Waals surface area contributed by atoms with Crippen molar-refractivity contribution in [2.45, 2.75) is 50.7 Å². The first-order chi connectivity index (χ1) is 23.2. The predicted octanol–water partition coefficient (Wildman–Crippen LogP) is 4.74. The normalized spacial score (nSPS) is 23.7. The standard InChI is InChI=1S/C36H41F4N5O4/c1-36(2,3)43-19-27(26-7-5-23(37)15-29(26)39)28(20-43)34(47)44-18-25(17-32(44)35(48)42-12-10-41(4)11-13-42)45(33(46)22-9-14-49-21-22)31-8-6-24(38)16-30(31)40/h5-9,14-16,21,25,27-28,32H,10-13,17-20H2,1-4H3/t25-,27-,28-,32-/m0/s1. The van der Waals surface area contributed by atoms with E-state index in [2.05, 4.69) is 9.80 Å². The second-order valence-corrected chi connectivity index (χ2v) is 14.3. The average molecular weight is 684 g/mol. The number of benzene rings is 2. The molecular formula is C36H41F4N5O4. The molecule has 0 aliphatic carbocycles. The molecule has 3 aliphatic rings. The number of rotatable bonds is 6. The van der Waals surface area contributed by atoms with Gasteiger partial charge in [0, 0.05) is 69.4 Å². The number of furan rings is 1. The molecule has 4 heterocycles. The van der Waals surface area contributed by atoms with Crippen LogP contribution in [0.25, 0.3) is 0 Å². The van der Waals surface area contributed by atoms with E-state index in [0.29, 0.717) is 38.8 Å². The largest absolute Gasteiger partial charge is 0.472 e. The van der Waals surface area contributed by atoms with Gasteiger partial charge in [0.15, 0.2) is 0 Å². The van der Waals surface area contributed by atoms with Crippen LogP contribution in [0.3, 0.4) is 0 Å². The van der Waals surface area contributed by atoms with Gasteiger partial charge in [0.2, 0.25) is 11.8 Å². The minimum absolute atomic E-state index is 0.0113. The van der Waals surface area contributed by atoms with E-state index in [9.17, 15) is 23.2 Å². The topological polar surface area (TPSA) is 80.5 Å². The number of hydrogen-bond acceptors (Lipinski definition) is 6. The molecule has 0 radical (unpaired) electrons. The van der Waals surface area contributed by atoms with Crippen LogP contribution in [0.4, 0.5) is 23.2 Å². The lowest BCUT2D eigenvalue weighted by Crippen LogP contribution is -2.54. The molecule has 3 aliphatic heterocycles. The van der Waals surface area contributed by atoms with Gasteiger partial charge in [-0.3, -0.25) is 19.3 Å². The number of nitrogens with zero attached hydrogens (tertiary/aromatic N) is 5. The van der Waals surface area contributed by atoms with E-state index in [1.165, 1.54) is 40.5 Å². The summed E-state index contributed by atoms with van der Waals surface area (Å²) in [6, 6.07) is 5.75. The first-order valence-corrected chi connectivity index (χ1v) is 16.5. The van der Waals surface area contributed by atoms with E-state index in [1.54, 1.807) is 4.90 Å². The van der Waals surface area contributed by atoms with Crippen LogP contribution in [0.1, 0.15) is 49.0 Å². The zero-order valence-corrected chi connectivity index (χ0v) is 28.0. The van der Waals surface area contributed by atoms with Crippen molar-refractivity contribution in [3.63, 3.8) is 0 Å². The second kappa shape index (κ2) is 13.6. The molecule has 0 N–H and O–H groups in total. The average Bonchev–Trinajstić information content (AvgIpc) is 3.82. The Morgan fingerprint density at radius 3 is 2.12 bits per heavy atom. The first kappa shape index (κ1) is 34.6. The summed E-state index contributed by atoms with van der Waals surface area (Å²) in [5.74, 6) is -6.10. The van der Waals surface area contributed by atoms with Gasteiger partial charge in [-0.25, -0.2) is 17.6 Å². The number of likely N-dealkylation sites (tertiary alicyclic amines) is 2. The molecule has 3 saturated heterocycles.